The molecule has 0 aliphatic carbocycles. The van der Waals surface area contributed by atoms with Gasteiger partial charge in [0.05, 0.1) is 29.1 Å². The normalized spacial score (nSPS) is 13.4. The molecule has 0 radical (unpaired) electrons. The number of pyridine rings is 1. The van der Waals surface area contributed by atoms with Crippen LogP contribution in [0.1, 0.15) is 53.2 Å². The van der Waals surface area contributed by atoms with Gasteiger partial charge < -0.3 is 14.2 Å². The number of ether oxygens (including phenoxy) is 3. The zero-order valence-electron chi connectivity index (χ0n) is 23.1. The molecule has 14 heteroatoms. The molecule has 0 saturated heterocycles. The molecule has 2 aromatic heterocycles. The fourth-order valence-corrected chi connectivity index (χ4v) is 4.70. The zero-order chi connectivity index (χ0) is 32.5. The van der Waals surface area contributed by atoms with Gasteiger partial charge in [0.2, 0.25) is 17.9 Å². The summed E-state index contributed by atoms with van der Waals surface area (Å²) >= 11 is 6.13. The lowest BCUT2D eigenvalue weighted by atomic mass is 10.1. The van der Waals surface area contributed by atoms with Gasteiger partial charge >= 0.3 is 23.6 Å². The quantitative estimate of drug-likeness (QED) is 0.248. The fourth-order valence-electron chi connectivity index (χ4n) is 4.55. The van der Waals surface area contributed by atoms with Crippen molar-refractivity contribution in [3.63, 3.8) is 0 Å². The van der Waals surface area contributed by atoms with E-state index in [0.29, 0.717) is 10.8 Å². The lowest BCUT2D eigenvalue weighted by molar-refractivity contribution is 0.0303. The van der Waals surface area contributed by atoms with E-state index in [0.717, 1.165) is 18.3 Å². The van der Waals surface area contributed by atoms with Gasteiger partial charge in [-0.2, -0.15) is 8.96 Å². The number of aromatic nitrogens is 3. The number of cyclic esters (lactones) is 1. The molecule has 12 nitrogen and oxygen atoms in total. The van der Waals surface area contributed by atoms with E-state index in [9.17, 15) is 33.2 Å². The Kier molecular flexibility index (Phi) is 7.82. The third-order valence-corrected chi connectivity index (χ3v) is 7.03. The summed E-state index contributed by atoms with van der Waals surface area (Å²) < 4.78 is 31.2. The summed E-state index contributed by atoms with van der Waals surface area (Å²) in [6.45, 7) is 0. The number of rotatable bonds is 6. The van der Waals surface area contributed by atoms with Gasteiger partial charge in [0.1, 0.15) is 5.02 Å². The average Bonchev–Trinajstić information content (AvgIpc) is 3.40. The van der Waals surface area contributed by atoms with Crippen molar-refractivity contribution < 1.29 is 37.8 Å². The molecule has 0 bridgehead atoms. The van der Waals surface area contributed by atoms with Gasteiger partial charge in [-0.3, -0.25) is 14.2 Å². The van der Waals surface area contributed by atoms with Crippen LogP contribution in [0.25, 0.3) is 0 Å². The second-order valence-corrected chi connectivity index (χ2v) is 10.0. The van der Waals surface area contributed by atoms with E-state index in [4.69, 9.17) is 25.8 Å². The Balaban J connectivity index is 1.27. The van der Waals surface area contributed by atoms with Crippen molar-refractivity contribution in [1.29, 1.82) is 0 Å². The third kappa shape index (κ3) is 5.57. The van der Waals surface area contributed by atoms with Gasteiger partial charge in [-0.25, -0.2) is 24.2 Å². The first kappa shape index (κ1) is 29.8. The molecule has 0 amide bonds. The number of nitrogens with zero attached hydrogens (tertiary/aromatic N) is 3. The van der Waals surface area contributed by atoms with Crippen LogP contribution in [0.15, 0.2) is 107 Å². The molecule has 3 heterocycles. The lowest BCUT2D eigenvalue weighted by Gasteiger charge is -2.16. The number of hydrogen-bond acceptors (Lipinski definition) is 10. The summed E-state index contributed by atoms with van der Waals surface area (Å²) in [5.74, 6) is -5.72. The van der Waals surface area contributed by atoms with Crippen molar-refractivity contribution in [3.05, 3.63) is 157 Å². The van der Waals surface area contributed by atoms with Crippen LogP contribution in [0.5, 0.6) is 11.6 Å². The maximum atomic E-state index is 14.8. The van der Waals surface area contributed by atoms with Crippen molar-refractivity contribution in [1.82, 2.24) is 14.1 Å². The van der Waals surface area contributed by atoms with E-state index in [1.807, 2.05) is 0 Å². The topological polar surface area (TPSA) is 153 Å². The number of carbonyl (C=O) groups is 4. The second kappa shape index (κ2) is 12.1. The van der Waals surface area contributed by atoms with E-state index < -0.39 is 47.1 Å². The molecule has 6 rings (SSSR count). The summed E-state index contributed by atoms with van der Waals surface area (Å²) in [6, 6.07) is 20.0. The van der Waals surface area contributed by atoms with E-state index in [1.54, 1.807) is 30.3 Å². The molecule has 3 aromatic carbocycles. The molecule has 1 aliphatic rings. The number of esters is 3. The van der Waals surface area contributed by atoms with Crippen LogP contribution in [0, 0.1) is 5.82 Å². The highest BCUT2D eigenvalue weighted by molar-refractivity contribution is 6.32. The number of hydrogen-bond donors (Lipinski definition) is 0. The Bertz CT molecular complexity index is 2200. The fraction of sp³-hybridized carbons (Fsp3) is 0.0312. The van der Waals surface area contributed by atoms with Crippen molar-refractivity contribution >= 4 is 35.4 Å². The molecule has 228 valence electrons. The molecular formula is C32H17ClFN3O9. The molecule has 0 fully saturated rings. The standard InChI is InChI=1S/C32H17ClFN3O9/c33-22-15-35-25(45-29(40)17-7-2-1-3-8-17)14-24(22)44-30(41)19-10-6-9-18(13-19)26(38)37-27(39)23(34)16-36(32(37)43)28-20-11-4-5-12-21(20)31(42)46-28/h1-16,28H. The minimum Gasteiger partial charge on any atom is -0.433 e. The first-order chi connectivity index (χ1) is 22.1. The van der Waals surface area contributed by atoms with Crippen molar-refractivity contribution in [3.8, 4) is 11.6 Å². The lowest BCUT2D eigenvalue weighted by Crippen LogP contribution is -2.46. The number of halogens is 2. The summed E-state index contributed by atoms with van der Waals surface area (Å²) in [5.41, 5.74) is -2.82. The van der Waals surface area contributed by atoms with E-state index in [1.165, 1.54) is 42.5 Å². The molecule has 0 saturated carbocycles. The van der Waals surface area contributed by atoms with Gasteiger partial charge in [0.15, 0.2) is 5.75 Å². The van der Waals surface area contributed by atoms with Crippen LogP contribution in [-0.2, 0) is 4.74 Å². The van der Waals surface area contributed by atoms with Crippen molar-refractivity contribution in [2.45, 2.75) is 6.23 Å². The van der Waals surface area contributed by atoms with E-state index in [2.05, 4.69) is 4.98 Å². The van der Waals surface area contributed by atoms with Crippen LogP contribution in [-0.4, -0.2) is 37.9 Å². The Labute approximate surface area is 261 Å². The van der Waals surface area contributed by atoms with Crippen molar-refractivity contribution in [2.24, 2.45) is 0 Å². The molecule has 1 unspecified atom stereocenters. The van der Waals surface area contributed by atoms with Crippen molar-refractivity contribution in [2.75, 3.05) is 0 Å². The van der Waals surface area contributed by atoms with Gasteiger partial charge in [0.25, 0.3) is 11.5 Å². The van der Waals surface area contributed by atoms with E-state index >= 15 is 0 Å². The summed E-state index contributed by atoms with van der Waals surface area (Å²) in [7, 11) is 0. The number of fused-ring (bicyclic) bond motifs is 1. The Hall–Kier alpha value is -6.21. The Morgan fingerprint density at radius 2 is 1.50 bits per heavy atom. The highest BCUT2D eigenvalue weighted by atomic mass is 35.5. The molecule has 0 spiro atoms. The molecule has 1 aliphatic heterocycles. The molecular weight excluding hydrogens is 625 g/mol. The minimum atomic E-state index is -1.56. The molecule has 5 aromatic rings. The summed E-state index contributed by atoms with van der Waals surface area (Å²) in [4.78, 5) is 81.0. The number of carbonyl (C=O) groups excluding carboxylic acids is 4. The monoisotopic (exact) mass is 641 g/mol. The predicted molar refractivity (Wildman–Crippen MR) is 157 cm³/mol. The molecule has 46 heavy (non-hydrogen) atoms. The van der Waals surface area contributed by atoms with Gasteiger partial charge in [0, 0.05) is 17.2 Å². The van der Waals surface area contributed by atoms with Crippen LogP contribution < -0.4 is 20.7 Å². The SMILES string of the molecule is O=C(Oc1cc(OC(=O)c2cccc(C(=O)n3c(=O)c(F)cn(C4OC(=O)c5ccccc54)c3=O)c2)c(Cl)cn1)c1ccccc1. The first-order valence-electron chi connectivity index (χ1n) is 13.3. The predicted octanol–water partition coefficient (Wildman–Crippen LogP) is 4.04. The van der Waals surface area contributed by atoms with Crippen LogP contribution in [0.3, 0.4) is 0 Å². The number of benzene rings is 3. The van der Waals surface area contributed by atoms with Crippen LogP contribution in [0.4, 0.5) is 4.39 Å². The zero-order valence-corrected chi connectivity index (χ0v) is 23.8. The van der Waals surface area contributed by atoms with Crippen LogP contribution >= 0.6 is 11.6 Å². The Morgan fingerprint density at radius 1 is 0.826 bits per heavy atom. The second-order valence-electron chi connectivity index (χ2n) is 9.64. The highest BCUT2D eigenvalue weighted by Gasteiger charge is 2.34. The molecule has 1 atom stereocenters. The minimum absolute atomic E-state index is 0.0294. The van der Waals surface area contributed by atoms with Crippen LogP contribution in [0.2, 0.25) is 5.02 Å². The van der Waals surface area contributed by atoms with Gasteiger partial charge in [-0.05, 0) is 36.4 Å². The third-order valence-electron chi connectivity index (χ3n) is 6.74. The highest BCUT2D eigenvalue weighted by Crippen LogP contribution is 2.31. The summed E-state index contributed by atoms with van der Waals surface area (Å²) in [6.07, 6.45) is 0.208. The maximum Gasteiger partial charge on any atom is 0.344 e. The Morgan fingerprint density at radius 3 is 2.28 bits per heavy atom. The maximum absolute atomic E-state index is 14.8. The first-order valence-corrected chi connectivity index (χ1v) is 13.6. The smallest absolute Gasteiger partial charge is 0.344 e. The van der Waals surface area contributed by atoms with Gasteiger partial charge in [-0.1, -0.05) is 54.1 Å². The average molecular weight is 642 g/mol. The van der Waals surface area contributed by atoms with E-state index in [-0.39, 0.29) is 49.0 Å². The molecule has 0 N–H and O–H groups in total. The van der Waals surface area contributed by atoms with Gasteiger partial charge in [-0.15, -0.1) is 0 Å². The largest absolute Gasteiger partial charge is 0.433 e. The summed E-state index contributed by atoms with van der Waals surface area (Å²) in [5, 5.41) is -0.110.